The van der Waals surface area contributed by atoms with Crippen molar-refractivity contribution in [1.29, 1.82) is 0 Å². The summed E-state index contributed by atoms with van der Waals surface area (Å²) in [6.07, 6.45) is 1.29. The molecule has 0 aromatic carbocycles. The molecule has 1 rings (SSSR count). The second kappa shape index (κ2) is 8.41. The minimum absolute atomic E-state index is 0.291. The van der Waals surface area contributed by atoms with E-state index in [1.54, 1.807) is 0 Å². The van der Waals surface area contributed by atoms with E-state index in [9.17, 15) is 0 Å². The minimum atomic E-state index is 0.291. The molecule has 1 aliphatic rings. The summed E-state index contributed by atoms with van der Waals surface area (Å²) in [4.78, 5) is 5.04. The monoisotopic (exact) mass is 273 g/mol. The summed E-state index contributed by atoms with van der Waals surface area (Å²) < 4.78 is 0. The van der Waals surface area contributed by atoms with Crippen LogP contribution in [0.25, 0.3) is 0 Å². The molecule has 0 radical (unpaired) electrons. The lowest BCUT2D eigenvalue weighted by Gasteiger charge is -2.43. The van der Waals surface area contributed by atoms with E-state index in [1.165, 1.54) is 44.1 Å². The highest BCUT2D eigenvalue weighted by Gasteiger charge is 2.28. The summed E-state index contributed by atoms with van der Waals surface area (Å²) in [5.74, 6) is 2.53. The predicted octanol–water partition coefficient (Wildman–Crippen LogP) is 1.75. The van der Waals surface area contributed by atoms with Crippen molar-refractivity contribution < 1.29 is 0 Å². The van der Waals surface area contributed by atoms with Crippen LogP contribution in [0.5, 0.6) is 0 Å². The quantitative estimate of drug-likeness (QED) is 0.679. The van der Waals surface area contributed by atoms with Crippen molar-refractivity contribution in [2.24, 2.45) is 0 Å². The van der Waals surface area contributed by atoms with Gasteiger partial charge in [0.1, 0.15) is 0 Å². The molecule has 108 valence electrons. The van der Waals surface area contributed by atoms with Crippen molar-refractivity contribution in [3.05, 3.63) is 0 Å². The summed E-state index contributed by atoms with van der Waals surface area (Å²) in [7, 11) is 2.22. The molecule has 1 N–H and O–H groups in total. The normalized spacial score (nSPS) is 19.3. The molecule has 18 heavy (non-hydrogen) atoms. The van der Waals surface area contributed by atoms with E-state index < -0.39 is 0 Å². The topological polar surface area (TPSA) is 18.5 Å². The fourth-order valence-corrected chi connectivity index (χ4v) is 3.00. The molecule has 0 unspecified atom stereocenters. The van der Waals surface area contributed by atoms with Gasteiger partial charge in [-0.15, -0.1) is 0 Å². The molecule has 0 aliphatic carbocycles. The second-order valence-electron chi connectivity index (χ2n) is 5.83. The van der Waals surface area contributed by atoms with Crippen molar-refractivity contribution in [3.63, 3.8) is 0 Å². The largest absolute Gasteiger partial charge is 0.315 e. The highest BCUT2D eigenvalue weighted by atomic mass is 32.2. The SMILES string of the molecule is CCSCCCNCC(C)(C)N1CCN(C)CC1. The van der Waals surface area contributed by atoms with Gasteiger partial charge in [-0.3, -0.25) is 4.90 Å². The molecule has 1 saturated heterocycles. The highest BCUT2D eigenvalue weighted by Crippen LogP contribution is 2.15. The maximum absolute atomic E-state index is 3.62. The zero-order valence-corrected chi connectivity index (χ0v) is 13.5. The van der Waals surface area contributed by atoms with Crippen molar-refractivity contribution in [2.45, 2.75) is 32.7 Å². The fraction of sp³-hybridized carbons (Fsp3) is 1.00. The predicted molar refractivity (Wildman–Crippen MR) is 83.6 cm³/mol. The summed E-state index contributed by atoms with van der Waals surface area (Å²) in [6, 6.07) is 0. The van der Waals surface area contributed by atoms with Crippen molar-refractivity contribution in [1.82, 2.24) is 15.1 Å². The van der Waals surface area contributed by atoms with Gasteiger partial charge in [-0.2, -0.15) is 11.8 Å². The van der Waals surface area contributed by atoms with Gasteiger partial charge >= 0.3 is 0 Å². The first-order chi connectivity index (χ1) is 8.56. The zero-order valence-electron chi connectivity index (χ0n) is 12.7. The molecule has 0 aromatic rings. The molecule has 0 atom stereocenters. The van der Waals surface area contributed by atoms with Crippen LogP contribution < -0.4 is 5.32 Å². The highest BCUT2D eigenvalue weighted by molar-refractivity contribution is 7.99. The van der Waals surface area contributed by atoms with Gasteiger partial charge in [0, 0.05) is 38.3 Å². The lowest BCUT2D eigenvalue weighted by Crippen LogP contribution is -2.57. The van der Waals surface area contributed by atoms with Crippen LogP contribution in [0.15, 0.2) is 0 Å². The fourth-order valence-electron chi connectivity index (χ4n) is 2.36. The molecule has 0 amide bonds. The molecule has 0 bridgehead atoms. The number of nitrogens with one attached hydrogen (secondary N) is 1. The number of piperazine rings is 1. The minimum Gasteiger partial charge on any atom is -0.315 e. The zero-order chi connectivity index (χ0) is 13.4. The van der Waals surface area contributed by atoms with Crippen LogP contribution in [0, 0.1) is 0 Å². The first-order valence-electron chi connectivity index (χ1n) is 7.28. The van der Waals surface area contributed by atoms with Crippen LogP contribution in [-0.4, -0.2) is 73.2 Å². The van der Waals surface area contributed by atoms with E-state index in [-0.39, 0.29) is 0 Å². The van der Waals surface area contributed by atoms with E-state index in [2.05, 4.69) is 42.9 Å². The average molecular weight is 273 g/mol. The Hall–Kier alpha value is 0.230. The number of hydrogen-bond donors (Lipinski definition) is 1. The van der Waals surface area contributed by atoms with Crippen LogP contribution in [0.4, 0.5) is 0 Å². The Balaban J connectivity index is 2.14. The molecule has 1 heterocycles. The van der Waals surface area contributed by atoms with Gasteiger partial charge in [0.25, 0.3) is 0 Å². The maximum Gasteiger partial charge on any atom is 0.0278 e. The third kappa shape index (κ3) is 5.91. The Bertz CT molecular complexity index is 213. The van der Waals surface area contributed by atoms with E-state index >= 15 is 0 Å². The van der Waals surface area contributed by atoms with Gasteiger partial charge in [-0.05, 0) is 45.4 Å². The van der Waals surface area contributed by atoms with E-state index in [0.29, 0.717) is 5.54 Å². The van der Waals surface area contributed by atoms with Crippen LogP contribution in [0.3, 0.4) is 0 Å². The summed E-state index contributed by atoms with van der Waals surface area (Å²) >= 11 is 2.04. The second-order valence-corrected chi connectivity index (χ2v) is 7.22. The molecular formula is C14H31N3S. The van der Waals surface area contributed by atoms with E-state index in [4.69, 9.17) is 0 Å². The number of thioether (sulfide) groups is 1. The van der Waals surface area contributed by atoms with Crippen molar-refractivity contribution in [3.8, 4) is 0 Å². The van der Waals surface area contributed by atoms with Gasteiger partial charge in [-0.1, -0.05) is 6.92 Å². The summed E-state index contributed by atoms with van der Waals surface area (Å²) in [6.45, 7) is 14.0. The number of nitrogens with zero attached hydrogens (tertiary/aromatic N) is 2. The van der Waals surface area contributed by atoms with Crippen molar-refractivity contribution in [2.75, 3.05) is 57.8 Å². The standard InChI is InChI=1S/C14H31N3S/c1-5-18-12-6-7-15-13-14(2,3)17-10-8-16(4)9-11-17/h15H,5-13H2,1-4H3. The average Bonchev–Trinajstić information content (AvgIpc) is 2.34. The third-order valence-electron chi connectivity index (χ3n) is 3.76. The Morgan fingerprint density at radius 3 is 2.44 bits per heavy atom. The molecule has 1 aliphatic heterocycles. The Morgan fingerprint density at radius 2 is 1.83 bits per heavy atom. The molecule has 0 saturated carbocycles. The molecule has 3 nitrogen and oxygen atoms in total. The molecular weight excluding hydrogens is 242 g/mol. The van der Waals surface area contributed by atoms with Crippen LogP contribution in [0.2, 0.25) is 0 Å². The van der Waals surface area contributed by atoms with Gasteiger partial charge in [0.2, 0.25) is 0 Å². The Morgan fingerprint density at radius 1 is 1.17 bits per heavy atom. The van der Waals surface area contributed by atoms with E-state index in [1.807, 2.05) is 11.8 Å². The van der Waals surface area contributed by atoms with Gasteiger partial charge in [0.05, 0.1) is 0 Å². The van der Waals surface area contributed by atoms with Crippen LogP contribution >= 0.6 is 11.8 Å². The Labute approximate surface area is 118 Å². The number of hydrogen-bond acceptors (Lipinski definition) is 4. The lowest BCUT2D eigenvalue weighted by molar-refractivity contribution is 0.0621. The van der Waals surface area contributed by atoms with Crippen LogP contribution in [-0.2, 0) is 0 Å². The molecule has 0 aromatic heterocycles. The smallest absolute Gasteiger partial charge is 0.0278 e. The molecule has 4 heteroatoms. The third-order valence-corrected chi connectivity index (χ3v) is 4.75. The van der Waals surface area contributed by atoms with Gasteiger partial charge in [0.15, 0.2) is 0 Å². The van der Waals surface area contributed by atoms with Gasteiger partial charge in [-0.25, -0.2) is 0 Å². The molecule has 0 spiro atoms. The first-order valence-corrected chi connectivity index (χ1v) is 8.44. The Kier molecular flexibility index (Phi) is 7.61. The summed E-state index contributed by atoms with van der Waals surface area (Å²) in [5, 5.41) is 3.62. The van der Waals surface area contributed by atoms with Crippen LogP contribution in [0.1, 0.15) is 27.2 Å². The lowest BCUT2D eigenvalue weighted by atomic mass is 10.0. The van der Waals surface area contributed by atoms with Gasteiger partial charge < -0.3 is 10.2 Å². The molecule has 1 fully saturated rings. The first kappa shape index (κ1) is 16.3. The maximum atomic E-state index is 3.62. The number of likely N-dealkylation sites (N-methyl/N-ethyl adjacent to an activating group) is 1. The number of rotatable bonds is 8. The van der Waals surface area contributed by atoms with Crippen molar-refractivity contribution >= 4 is 11.8 Å². The summed E-state index contributed by atoms with van der Waals surface area (Å²) in [5.41, 5.74) is 0.291. The van der Waals surface area contributed by atoms with E-state index in [0.717, 1.165) is 13.1 Å².